The maximum atomic E-state index is 6.60. The summed E-state index contributed by atoms with van der Waals surface area (Å²) < 4.78 is 15.6. The van der Waals surface area contributed by atoms with Crippen molar-refractivity contribution >= 4 is 61.5 Å². The van der Waals surface area contributed by atoms with Crippen LogP contribution in [0.1, 0.15) is 70.5 Å². The second-order valence-electron chi connectivity index (χ2n) is 19.4. The Morgan fingerprint density at radius 2 is 1.20 bits per heavy atom. The first-order valence-electron chi connectivity index (χ1n) is 24.7. The first-order valence-corrected chi connectivity index (χ1v) is 24.7. The summed E-state index contributed by atoms with van der Waals surface area (Å²) in [6.45, 7) is 0. The van der Waals surface area contributed by atoms with Crippen molar-refractivity contribution in [3.63, 3.8) is 0 Å². The van der Waals surface area contributed by atoms with Gasteiger partial charge >= 0.3 is 0 Å². The molecule has 0 aliphatic heterocycles. The zero-order chi connectivity index (χ0) is 45.7. The van der Waals surface area contributed by atoms with Crippen molar-refractivity contribution in [1.29, 1.82) is 0 Å². The highest BCUT2D eigenvalue weighted by Crippen LogP contribution is 2.64. The average Bonchev–Trinajstić information content (AvgIpc) is 4.22. The molecule has 1 spiro atoms. The summed E-state index contributed by atoms with van der Waals surface area (Å²) in [5.41, 5.74) is 21.7. The number of hydrogen-bond acceptors (Lipinski definition) is 5. The van der Waals surface area contributed by atoms with E-state index in [1.54, 1.807) is 0 Å². The molecule has 0 saturated heterocycles. The minimum absolute atomic E-state index is 0.397. The molecule has 0 amide bonds. The highest BCUT2D eigenvalue weighted by atomic mass is 16.3. The molecule has 16 rings (SSSR count). The first kappa shape index (κ1) is 38.4. The predicted molar refractivity (Wildman–Crippen MR) is 282 cm³/mol. The fourth-order valence-electron chi connectivity index (χ4n) is 13.0. The van der Waals surface area contributed by atoms with Gasteiger partial charge in [0.15, 0.2) is 17.5 Å². The lowest BCUT2D eigenvalue weighted by molar-refractivity contribution is 0.546. The molecule has 70 heavy (non-hydrogen) atoms. The summed E-state index contributed by atoms with van der Waals surface area (Å²) in [4.78, 5) is 15.9. The molecule has 5 aliphatic rings. The molecule has 1 unspecified atom stereocenters. The Kier molecular flexibility index (Phi) is 7.79. The molecule has 7 aromatic carbocycles. The number of aromatic nitrogens is 4. The van der Waals surface area contributed by atoms with Crippen LogP contribution in [0, 0.1) is 0 Å². The highest BCUT2D eigenvalue weighted by Gasteiger charge is 2.53. The average molecular weight is 899 g/mol. The lowest BCUT2D eigenvalue weighted by atomic mass is 9.69. The van der Waals surface area contributed by atoms with Crippen molar-refractivity contribution in [2.24, 2.45) is 0 Å². The molecule has 6 nitrogen and oxygen atoms in total. The monoisotopic (exact) mass is 898 g/mol. The number of hydrogen-bond donors (Lipinski definition) is 0. The van der Waals surface area contributed by atoms with E-state index in [2.05, 4.69) is 174 Å². The molecule has 0 bridgehead atoms. The molecule has 0 fully saturated rings. The number of rotatable bonds is 4. The van der Waals surface area contributed by atoms with Gasteiger partial charge in [0, 0.05) is 61.6 Å². The van der Waals surface area contributed by atoms with Crippen LogP contribution in [0.2, 0.25) is 0 Å². The predicted octanol–water partition coefficient (Wildman–Crippen LogP) is 15.8. The summed E-state index contributed by atoms with van der Waals surface area (Å²) in [5, 5.41) is 4.49. The quantitative estimate of drug-likeness (QED) is 0.176. The second kappa shape index (κ2) is 14.2. The standard InChI is InChI=1S/C64H42N4O2/c1-7-25-50-40(17-1)41-18-2-8-26-51(41)64(50)52-27-9-3-22-48(52)58-53(64)34-33-46-42-19-4-10-28-54(42)68(59(46)58)39-16-13-15-37(35-39)61-65-62(38-31-32-45-43-20-5-11-29-55(43)69-57(45)36-38)67-63(66-61)49-24-14-23-47-44-21-6-12-30-56(44)70-60(47)49/h1,3,5-10,12-17,20-28,30-36H,2,4,11,18-19,29H2. The maximum Gasteiger partial charge on any atom is 0.167 e. The molecule has 1 atom stereocenters. The minimum Gasteiger partial charge on any atom is -0.460 e. The minimum atomic E-state index is -0.397. The molecule has 330 valence electrons. The highest BCUT2D eigenvalue weighted by molar-refractivity contribution is 6.10. The zero-order valence-electron chi connectivity index (χ0n) is 38.2. The van der Waals surface area contributed by atoms with Gasteiger partial charge in [-0.25, -0.2) is 15.0 Å². The summed E-state index contributed by atoms with van der Waals surface area (Å²) in [7, 11) is 0. The van der Waals surface area contributed by atoms with Crippen LogP contribution in [0.4, 0.5) is 0 Å². The molecule has 11 aromatic rings. The van der Waals surface area contributed by atoms with Crippen LogP contribution >= 0.6 is 0 Å². The Morgan fingerprint density at radius 3 is 2.13 bits per heavy atom. The van der Waals surface area contributed by atoms with E-state index >= 15 is 0 Å². The van der Waals surface area contributed by atoms with Crippen molar-refractivity contribution < 1.29 is 8.83 Å². The van der Waals surface area contributed by atoms with Gasteiger partial charge < -0.3 is 13.4 Å². The fourth-order valence-corrected chi connectivity index (χ4v) is 13.0. The van der Waals surface area contributed by atoms with E-state index in [0.29, 0.717) is 17.5 Å². The summed E-state index contributed by atoms with van der Waals surface area (Å²) in [6, 6.07) is 52.8. The number of furan rings is 2. The molecule has 0 saturated carbocycles. The fraction of sp³-hybridized carbons (Fsp3) is 0.109. The van der Waals surface area contributed by atoms with Crippen molar-refractivity contribution in [2.75, 3.05) is 0 Å². The third-order valence-corrected chi connectivity index (χ3v) is 15.9. The van der Waals surface area contributed by atoms with E-state index in [0.717, 1.165) is 105 Å². The van der Waals surface area contributed by atoms with Gasteiger partial charge in [-0.05, 0) is 119 Å². The molecule has 5 aliphatic carbocycles. The first-order chi connectivity index (χ1) is 34.7. The number of aryl methyl sites for hydroxylation is 2. The van der Waals surface area contributed by atoms with E-state index in [1.165, 1.54) is 66.7 Å². The van der Waals surface area contributed by atoms with Crippen LogP contribution in [-0.2, 0) is 18.3 Å². The van der Waals surface area contributed by atoms with Crippen molar-refractivity contribution in [1.82, 2.24) is 19.5 Å². The molecular formula is C64H42N4O2. The number of allylic oxidation sites excluding steroid dienone is 6. The van der Waals surface area contributed by atoms with E-state index in [9.17, 15) is 0 Å². The summed E-state index contributed by atoms with van der Waals surface area (Å²) >= 11 is 0. The summed E-state index contributed by atoms with van der Waals surface area (Å²) in [6.07, 6.45) is 19.9. The molecule has 4 heterocycles. The van der Waals surface area contributed by atoms with E-state index in [4.69, 9.17) is 23.8 Å². The van der Waals surface area contributed by atoms with Crippen molar-refractivity contribution in [2.45, 2.75) is 43.9 Å². The third-order valence-electron chi connectivity index (χ3n) is 15.9. The van der Waals surface area contributed by atoms with E-state index in [-0.39, 0.29) is 0 Å². The molecule has 6 heteroatoms. The van der Waals surface area contributed by atoms with Crippen LogP contribution in [-0.4, -0.2) is 19.5 Å². The van der Waals surface area contributed by atoms with Crippen molar-refractivity contribution in [3.8, 4) is 51.0 Å². The Hall–Kier alpha value is -8.61. The van der Waals surface area contributed by atoms with Gasteiger partial charge in [0.1, 0.15) is 22.5 Å². The Bertz CT molecular complexity index is 4260. The molecule has 4 aromatic heterocycles. The molecule has 0 radical (unpaired) electrons. The SMILES string of the molecule is C1=CC2=C(CC1)c1ccccc1C21c2ccccc2-c2c1ccc1c3c(n(-c4cccc(-c5nc(-c6ccc7c8c(oc7c6)CCC=C8)nc(-c6cccc7c6oc6ccccc67)n5)c4)c21)C=CCC3. The maximum absolute atomic E-state index is 6.60. The number of para-hydroxylation sites is 2. The lowest BCUT2D eigenvalue weighted by Crippen LogP contribution is -2.27. The van der Waals surface area contributed by atoms with Crippen LogP contribution in [0.25, 0.3) is 113 Å². The second-order valence-corrected chi connectivity index (χ2v) is 19.4. The van der Waals surface area contributed by atoms with Crippen LogP contribution in [0.3, 0.4) is 0 Å². The van der Waals surface area contributed by atoms with Gasteiger partial charge in [-0.3, -0.25) is 0 Å². The van der Waals surface area contributed by atoms with E-state index < -0.39 is 5.41 Å². The van der Waals surface area contributed by atoms with Crippen molar-refractivity contribution in [3.05, 3.63) is 220 Å². The van der Waals surface area contributed by atoms with Gasteiger partial charge in [-0.2, -0.15) is 0 Å². The van der Waals surface area contributed by atoms with Gasteiger partial charge in [0.2, 0.25) is 0 Å². The third kappa shape index (κ3) is 5.09. The number of fused-ring (bicyclic) bond motifs is 19. The van der Waals surface area contributed by atoms with Crippen LogP contribution < -0.4 is 0 Å². The Labute approximate surface area is 403 Å². The zero-order valence-corrected chi connectivity index (χ0v) is 38.2. The lowest BCUT2D eigenvalue weighted by Gasteiger charge is -2.32. The molecular weight excluding hydrogens is 857 g/mol. The Balaban J connectivity index is 0.931. The Morgan fingerprint density at radius 1 is 0.486 bits per heavy atom. The topological polar surface area (TPSA) is 69.9 Å². The van der Waals surface area contributed by atoms with Gasteiger partial charge in [0.25, 0.3) is 0 Å². The molecule has 0 N–H and O–H groups in total. The number of nitrogens with zero attached hydrogens (tertiary/aromatic N) is 4. The van der Waals surface area contributed by atoms with E-state index in [1.807, 2.05) is 12.1 Å². The smallest absolute Gasteiger partial charge is 0.167 e. The summed E-state index contributed by atoms with van der Waals surface area (Å²) in [5.74, 6) is 2.72. The number of benzene rings is 7. The normalized spacial score (nSPS) is 17.2. The van der Waals surface area contributed by atoms with Gasteiger partial charge in [-0.1, -0.05) is 140 Å². The van der Waals surface area contributed by atoms with Gasteiger partial charge in [0.05, 0.1) is 16.5 Å². The van der Waals surface area contributed by atoms with Gasteiger partial charge in [-0.15, -0.1) is 0 Å². The van der Waals surface area contributed by atoms with Crippen LogP contribution in [0.15, 0.2) is 184 Å². The van der Waals surface area contributed by atoms with Crippen LogP contribution in [0.5, 0.6) is 0 Å². The largest absolute Gasteiger partial charge is 0.460 e.